The van der Waals surface area contributed by atoms with Gasteiger partial charge in [-0.25, -0.2) is 9.67 Å². The number of carbonyl (C=O) groups excluding carboxylic acids is 1. The number of thiazole rings is 1. The molecule has 0 saturated heterocycles. The first-order valence-electron chi connectivity index (χ1n) is 10.7. The summed E-state index contributed by atoms with van der Waals surface area (Å²) in [5.41, 5.74) is 4.95. The molecule has 0 N–H and O–H groups in total. The summed E-state index contributed by atoms with van der Waals surface area (Å²) in [5, 5.41) is 9.12. The van der Waals surface area contributed by atoms with E-state index in [0.717, 1.165) is 51.6 Å². The average Bonchev–Trinajstić information content (AvgIpc) is 3.36. The number of hydrogen-bond donors (Lipinski definition) is 0. The minimum absolute atomic E-state index is 0.0313. The zero-order chi connectivity index (χ0) is 22.0. The maximum absolute atomic E-state index is 13.5. The van der Waals surface area contributed by atoms with Crippen molar-refractivity contribution < 1.29 is 4.79 Å². The van der Waals surface area contributed by atoms with Crippen LogP contribution < -0.4 is 4.90 Å². The zero-order valence-corrected chi connectivity index (χ0v) is 19.3. The molecular formula is C23H28N6OS. The highest BCUT2D eigenvalue weighted by Gasteiger charge is 2.22. The number of para-hydroxylation sites is 1. The Morgan fingerprint density at radius 2 is 1.87 bits per heavy atom. The smallest absolute Gasteiger partial charge is 0.250 e. The van der Waals surface area contributed by atoms with Crippen LogP contribution in [0, 0.1) is 13.8 Å². The third-order valence-corrected chi connectivity index (χ3v) is 6.62. The number of rotatable bonds is 8. The van der Waals surface area contributed by atoms with Crippen LogP contribution in [0.4, 0.5) is 5.13 Å². The number of carbonyl (C=O) groups is 1. The Morgan fingerprint density at radius 3 is 2.65 bits per heavy atom. The standard InChI is InChI=1S/C23H28N6OS/c1-5-27(6-2)11-12-28(23-24-22-17(4)13-16(3)14-20(22)31-23)21(30)15-29-19-10-8-7-9-18(19)25-26-29/h7-10,13-14H,5-6,11-12,15H2,1-4H3. The molecule has 0 saturated carbocycles. The van der Waals surface area contributed by atoms with Gasteiger partial charge < -0.3 is 4.90 Å². The molecule has 1 amide bonds. The van der Waals surface area contributed by atoms with Crippen molar-refractivity contribution in [2.24, 2.45) is 0 Å². The van der Waals surface area contributed by atoms with Gasteiger partial charge in [0.15, 0.2) is 5.13 Å². The van der Waals surface area contributed by atoms with Gasteiger partial charge >= 0.3 is 0 Å². The molecule has 0 unspecified atom stereocenters. The Labute approximate surface area is 186 Å². The first kappa shape index (κ1) is 21.4. The Kier molecular flexibility index (Phi) is 6.29. The van der Waals surface area contributed by atoms with E-state index in [4.69, 9.17) is 4.98 Å². The highest BCUT2D eigenvalue weighted by molar-refractivity contribution is 7.22. The first-order valence-corrected chi connectivity index (χ1v) is 11.5. The van der Waals surface area contributed by atoms with Gasteiger partial charge in [0.1, 0.15) is 12.1 Å². The normalized spacial score (nSPS) is 11.6. The number of anilines is 1. The summed E-state index contributed by atoms with van der Waals surface area (Å²) in [4.78, 5) is 22.4. The van der Waals surface area contributed by atoms with Gasteiger partial charge in [-0.15, -0.1) is 5.10 Å². The lowest BCUT2D eigenvalue weighted by Crippen LogP contribution is -2.40. The van der Waals surface area contributed by atoms with Crippen molar-refractivity contribution >= 4 is 43.6 Å². The van der Waals surface area contributed by atoms with Crippen LogP contribution in [0.15, 0.2) is 36.4 Å². The fourth-order valence-electron chi connectivity index (χ4n) is 3.83. The fraction of sp³-hybridized carbons (Fsp3) is 0.391. The number of aromatic nitrogens is 4. The molecule has 4 rings (SSSR count). The Balaban J connectivity index is 1.66. The predicted molar refractivity (Wildman–Crippen MR) is 127 cm³/mol. The zero-order valence-electron chi connectivity index (χ0n) is 18.5. The van der Waals surface area contributed by atoms with Gasteiger partial charge in [-0.1, -0.05) is 48.6 Å². The van der Waals surface area contributed by atoms with Crippen LogP contribution in [0.2, 0.25) is 0 Å². The van der Waals surface area contributed by atoms with E-state index in [0.29, 0.717) is 6.54 Å². The average molecular weight is 437 g/mol. The minimum Gasteiger partial charge on any atom is -0.302 e. The number of hydrogen-bond acceptors (Lipinski definition) is 6. The van der Waals surface area contributed by atoms with Crippen LogP contribution in [0.5, 0.6) is 0 Å². The monoisotopic (exact) mass is 436 g/mol. The molecular weight excluding hydrogens is 408 g/mol. The quantitative estimate of drug-likeness (QED) is 0.417. The SMILES string of the molecule is CCN(CC)CCN(C(=O)Cn1nnc2ccccc21)c1nc2c(C)cc(C)cc2s1. The second-order valence-corrected chi connectivity index (χ2v) is 8.74. The van der Waals surface area contributed by atoms with Crippen molar-refractivity contribution in [2.75, 3.05) is 31.1 Å². The minimum atomic E-state index is -0.0313. The van der Waals surface area contributed by atoms with Gasteiger partial charge in [0.2, 0.25) is 0 Å². The van der Waals surface area contributed by atoms with E-state index in [9.17, 15) is 4.79 Å². The number of amides is 1. The summed E-state index contributed by atoms with van der Waals surface area (Å²) in [5.74, 6) is -0.0313. The van der Waals surface area contributed by atoms with E-state index in [-0.39, 0.29) is 12.5 Å². The summed E-state index contributed by atoms with van der Waals surface area (Å²) >= 11 is 1.58. The Hall–Kier alpha value is -2.84. The van der Waals surface area contributed by atoms with Crippen molar-refractivity contribution in [1.29, 1.82) is 0 Å². The second-order valence-electron chi connectivity index (χ2n) is 7.73. The molecule has 162 valence electrons. The topological polar surface area (TPSA) is 67.2 Å². The van der Waals surface area contributed by atoms with Crippen LogP contribution in [0.3, 0.4) is 0 Å². The molecule has 0 fully saturated rings. The van der Waals surface area contributed by atoms with E-state index in [1.807, 2.05) is 29.2 Å². The van der Waals surface area contributed by atoms with Gasteiger partial charge in [-0.3, -0.25) is 9.69 Å². The van der Waals surface area contributed by atoms with Crippen molar-refractivity contribution in [3.8, 4) is 0 Å². The maximum Gasteiger partial charge on any atom is 0.250 e. The number of benzene rings is 2. The third-order valence-electron chi connectivity index (χ3n) is 5.59. The van der Waals surface area contributed by atoms with Gasteiger partial charge in [-0.2, -0.15) is 0 Å². The lowest BCUT2D eigenvalue weighted by atomic mass is 10.1. The van der Waals surface area contributed by atoms with Crippen molar-refractivity contribution in [3.63, 3.8) is 0 Å². The first-order chi connectivity index (χ1) is 15.0. The molecule has 0 aliphatic carbocycles. The summed E-state index contributed by atoms with van der Waals surface area (Å²) < 4.78 is 2.78. The highest BCUT2D eigenvalue weighted by Crippen LogP contribution is 2.32. The largest absolute Gasteiger partial charge is 0.302 e. The van der Waals surface area contributed by atoms with E-state index in [2.05, 4.69) is 55.0 Å². The van der Waals surface area contributed by atoms with E-state index < -0.39 is 0 Å². The molecule has 0 aliphatic rings. The molecule has 2 aromatic carbocycles. The van der Waals surface area contributed by atoms with Crippen LogP contribution in [0.25, 0.3) is 21.3 Å². The van der Waals surface area contributed by atoms with E-state index >= 15 is 0 Å². The molecule has 2 heterocycles. The van der Waals surface area contributed by atoms with Gasteiger partial charge in [0.05, 0.1) is 15.7 Å². The molecule has 7 nitrogen and oxygen atoms in total. The molecule has 0 bridgehead atoms. The summed E-state index contributed by atoms with van der Waals surface area (Å²) in [6.45, 7) is 11.9. The second kappa shape index (κ2) is 9.11. The summed E-state index contributed by atoms with van der Waals surface area (Å²) in [7, 11) is 0. The third kappa shape index (κ3) is 4.45. The number of aryl methyl sites for hydroxylation is 2. The summed E-state index contributed by atoms with van der Waals surface area (Å²) in [6.07, 6.45) is 0. The molecule has 0 atom stereocenters. The molecule has 2 aromatic heterocycles. The number of nitrogens with zero attached hydrogens (tertiary/aromatic N) is 6. The molecule has 4 aromatic rings. The molecule has 0 aliphatic heterocycles. The number of likely N-dealkylation sites (N-methyl/N-ethyl adjacent to an activating group) is 1. The lowest BCUT2D eigenvalue weighted by molar-refractivity contribution is -0.119. The lowest BCUT2D eigenvalue weighted by Gasteiger charge is -2.24. The van der Waals surface area contributed by atoms with Crippen molar-refractivity contribution in [1.82, 2.24) is 24.9 Å². The number of fused-ring (bicyclic) bond motifs is 2. The van der Waals surface area contributed by atoms with Crippen LogP contribution in [-0.2, 0) is 11.3 Å². The van der Waals surface area contributed by atoms with Gasteiger partial charge in [0, 0.05) is 13.1 Å². The predicted octanol–water partition coefficient (Wildman–Crippen LogP) is 4.03. The van der Waals surface area contributed by atoms with Crippen LogP contribution in [0.1, 0.15) is 25.0 Å². The van der Waals surface area contributed by atoms with Gasteiger partial charge in [-0.05, 0) is 56.3 Å². The van der Waals surface area contributed by atoms with Crippen LogP contribution in [-0.4, -0.2) is 57.0 Å². The molecule has 31 heavy (non-hydrogen) atoms. The maximum atomic E-state index is 13.5. The summed E-state index contributed by atoms with van der Waals surface area (Å²) in [6, 6.07) is 12.0. The van der Waals surface area contributed by atoms with Crippen molar-refractivity contribution in [2.45, 2.75) is 34.2 Å². The van der Waals surface area contributed by atoms with Crippen molar-refractivity contribution in [3.05, 3.63) is 47.5 Å². The Morgan fingerprint density at radius 1 is 1.10 bits per heavy atom. The molecule has 0 radical (unpaired) electrons. The van der Waals surface area contributed by atoms with E-state index in [1.165, 1.54) is 5.56 Å². The van der Waals surface area contributed by atoms with Crippen LogP contribution >= 0.6 is 11.3 Å². The fourth-order valence-corrected chi connectivity index (χ4v) is 5.02. The Bertz CT molecular complexity index is 1210. The van der Waals surface area contributed by atoms with Gasteiger partial charge in [0.25, 0.3) is 5.91 Å². The van der Waals surface area contributed by atoms with E-state index in [1.54, 1.807) is 16.0 Å². The molecule has 0 spiro atoms. The highest BCUT2D eigenvalue weighted by atomic mass is 32.1. The molecule has 8 heteroatoms.